The molecule has 0 bridgehead atoms. The van der Waals surface area contributed by atoms with Gasteiger partial charge < -0.3 is 10.3 Å². The first kappa shape index (κ1) is 19.0. The van der Waals surface area contributed by atoms with Gasteiger partial charge in [-0.3, -0.25) is 0 Å². The topological polar surface area (TPSA) is 35.2 Å². The van der Waals surface area contributed by atoms with Gasteiger partial charge in [-0.1, -0.05) is 0 Å². The number of hydrogen-bond donors (Lipinski definition) is 1. The minimum absolute atomic E-state index is 0. The molecule has 1 rings (SSSR count). The summed E-state index contributed by atoms with van der Waals surface area (Å²) in [6.45, 7) is 0. The Morgan fingerprint density at radius 3 is 2.25 bits per heavy atom. The first-order chi connectivity index (χ1) is 4.34. The van der Waals surface area contributed by atoms with Crippen molar-refractivity contribution in [1.82, 2.24) is 0 Å². The smallest absolute Gasteiger partial charge is 0.0394 e. The fourth-order valence-electron chi connectivity index (χ4n) is 0.529. The van der Waals surface area contributed by atoms with E-state index in [2.05, 4.69) is 15.5 Å². The van der Waals surface area contributed by atoms with Crippen molar-refractivity contribution in [2.45, 2.75) is 0 Å². The van der Waals surface area contributed by atoms with Gasteiger partial charge in [0.25, 0.3) is 0 Å². The maximum atomic E-state index is 5.47. The molecule has 1 aromatic rings. The van der Waals surface area contributed by atoms with Gasteiger partial charge in [0.05, 0.1) is 0 Å². The first-order valence-electron chi connectivity index (χ1n) is 2.47. The molecule has 0 spiro atoms. The summed E-state index contributed by atoms with van der Waals surface area (Å²) in [4.78, 5) is 0. The van der Waals surface area contributed by atoms with E-state index in [9.17, 15) is 0 Å². The molecule has 0 aromatic heterocycles. The zero-order valence-electron chi connectivity index (χ0n) is 6.02. The van der Waals surface area contributed by atoms with Crippen LogP contribution in [-0.4, -0.2) is 0 Å². The Kier molecular flexibility index (Phi) is 16.4. The van der Waals surface area contributed by atoms with Gasteiger partial charge in [-0.2, -0.15) is 12.1 Å². The zero-order chi connectivity index (χ0) is 6.69. The third kappa shape index (κ3) is 5.87. The van der Waals surface area contributed by atoms with Crippen molar-refractivity contribution in [2.75, 3.05) is 5.73 Å². The Morgan fingerprint density at radius 2 is 1.92 bits per heavy atom. The van der Waals surface area contributed by atoms with Gasteiger partial charge in [-0.15, -0.1) is 12.1 Å². The van der Waals surface area contributed by atoms with E-state index in [1.165, 1.54) is 0 Å². The summed E-state index contributed by atoms with van der Waals surface area (Å²) >= 11 is 0. The van der Waals surface area contributed by atoms with Crippen LogP contribution in [0.15, 0.2) is 18.2 Å². The van der Waals surface area contributed by atoms with Crippen molar-refractivity contribution in [2.24, 2.45) is 0 Å². The standard InChI is InChI=1S/C6H7NOP.3W/c7-5-3-1-2-4-6(5)8-9;;;/h1,3-4H,7,9H2;;;/q-1;;;. The van der Waals surface area contributed by atoms with Gasteiger partial charge in [-0.05, 0) is 5.69 Å². The number of nitrogens with two attached hydrogens (primary N) is 1. The van der Waals surface area contributed by atoms with Gasteiger partial charge in [0.2, 0.25) is 0 Å². The molecule has 0 heterocycles. The van der Waals surface area contributed by atoms with Crippen LogP contribution in [0.4, 0.5) is 5.69 Å². The Bertz CT molecular complexity index is 212. The fourth-order valence-corrected chi connectivity index (χ4v) is 0.733. The maximum absolute atomic E-state index is 5.47. The van der Waals surface area contributed by atoms with Crippen molar-refractivity contribution >= 4 is 15.2 Å². The van der Waals surface area contributed by atoms with Crippen LogP contribution >= 0.6 is 9.47 Å². The van der Waals surface area contributed by atoms with Crippen molar-refractivity contribution in [3.63, 3.8) is 0 Å². The molecule has 1 aromatic carbocycles. The molecular weight excluding hydrogens is 685 g/mol. The molecule has 0 radical (unpaired) electrons. The molecule has 2 N–H and O–H groups in total. The molecule has 1 unspecified atom stereocenters. The molecule has 66 valence electrons. The second-order valence-corrected chi connectivity index (χ2v) is 1.82. The van der Waals surface area contributed by atoms with Crippen LogP contribution in [0.5, 0.6) is 5.75 Å². The van der Waals surface area contributed by atoms with Crippen LogP contribution in [0.25, 0.3) is 0 Å². The molecule has 0 saturated carbocycles. The minimum Gasteiger partial charge on any atom is -0.535 e. The van der Waals surface area contributed by atoms with Crippen LogP contribution in [0, 0.1) is 6.07 Å². The summed E-state index contributed by atoms with van der Waals surface area (Å²) in [5, 5.41) is 0. The maximum Gasteiger partial charge on any atom is 0.0394 e. The molecule has 12 heavy (non-hydrogen) atoms. The second-order valence-electron chi connectivity index (χ2n) is 1.58. The van der Waals surface area contributed by atoms with Crippen molar-refractivity contribution < 1.29 is 67.7 Å². The van der Waals surface area contributed by atoms with Gasteiger partial charge in [0.15, 0.2) is 0 Å². The number of benzene rings is 1. The van der Waals surface area contributed by atoms with E-state index in [4.69, 9.17) is 10.3 Å². The molecule has 0 fully saturated rings. The molecule has 1 atom stereocenters. The molecule has 0 aliphatic rings. The summed E-state index contributed by atoms with van der Waals surface area (Å²) in [6.07, 6.45) is 0. The zero-order valence-corrected chi connectivity index (χ0v) is 16.0. The number of rotatable bonds is 1. The SMILES string of the molecule is Nc1cc[c-]cc1OP.[W].[W].[W]. The normalized spacial score (nSPS) is 6.75. The van der Waals surface area contributed by atoms with E-state index in [1.54, 1.807) is 18.2 Å². The molecule has 6 heteroatoms. The Labute approximate surface area is 117 Å². The van der Waals surface area contributed by atoms with E-state index in [1.807, 2.05) is 0 Å². The number of nitrogen functional groups attached to an aromatic ring is 1. The van der Waals surface area contributed by atoms with Gasteiger partial charge in [-0.25, -0.2) is 0 Å². The van der Waals surface area contributed by atoms with Crippen molar-refractivity contribution in [3.05, 3.63) is 24.3 Å². The van der Waals surface area contributed by atoms with Crippen LogP contribution in [-0.2, 0) is 63.2 Å². The average molecular weight is 692 g/mol. The molecule has 2 nitrogen and oxygen atoms in total. The van der Waals surface area contributed by atoms with E-state index < -0.39 is 0 Å². The Balaban J connectivity index is -0.000000270. The first-order valence-corrected chi connectivity index (χ1v) is 2.94. The summed E-state index contributed by atoms with van der Waals surface area (Å²) in [5.41, 5.74) is 6.10. The van der Waals surface area contributed by atoms with E-state index in [0.29, 0.717) is 11.4 Å². The molecule has 0 amide bonds. The minimum atomic E-state index is 0. The summed E-state index contributed by atoms with van der Waals surface area (Å²) in [6, 6.07) is 7.99. The summed E-state index contributed by atoms with van der Waals surface area (Å²) in [7, 11) is 2.13. The van der Waals surface area contributed by atoms with E-state index in [0.717, 1.165) is 0 Å². The largest absolute Gasteiger partial charge is 0.535 e. The third-order valence-electron chi connectivity index (χ3n) is 0.985. The Hall–Kier alpha value is 1.31. The van der Waals surface area contributed by atoms with Crippen LogP contribution in [0.3, 0.4) is 0 Å². The molecule has 0 aliphatic carbocycles. The number of hydrogen-bond acceptors (Lipinski definition) is 2. The van der Waals surface area contributed by atoms with Gasteiger partial charge >= 0.3 is 0 Å². The van der Waals surface area contributed by atoms with Gasteiger partial charge in [0, 0.05) is 78.4 Å². The molecule has 0 aliphatic heterocycles. The third-order valence-corrected chi connectivity index (χ3v) is 1.24. The van der Waals surface area contributed by atoms with Crippen LogP contribution in [0.2, 0.25) is 0 Å². The van der Waals surface area contributed by atoms with Crippen molar-refractivity contribution in [1.29, 1.82) is 0 Å². The van der Waals surface area contributed by atoms with Crippen molar-refractivity contribution in [3.8, 4) is 5.75 Å². The van der Waals surface area contributed by atoms with Crippen LogP contribution < -0.4 is 10.3 Å². The van der Waals surface area contributed by atoms with Gasteiger partial charge in [0.1, 0.15) is 0 Å². The number of anilines is 1. The summed E-state index contributed by atoms with van der Waals surface area (Å²) < 4.78 is 4.81. The van der Waals surface area contributed by atoms with E-state index in [-0.39, 0.29) is 63.2 Å². The Morgan fingerprint density at radius 1 is 1.33 bits per heavy atom. The van der Waals surface area contributed by atoms with Crippen LogP contribution in [0.1, 0.15) is 0 Å². The quantitative estimate of drug-likeness (QED) is 0.274. The monoisotopic (exact) mass is 692 g/mol. The fraction of sp³-hybridized carbons (Fsp3) is 0. The van der Waals surface area contributed by atoms with E-state index >= 15 is 0 Å². The second kappa shape index (κ2) is 10.4. The molecular formula is C6H7NOPW3-. The summed E-state index contributed by atoms with van der Waals surface area (Å²) in [5.74, 6) is 0.641. The molecule has 0 saturated heterocycles. The predicted octanol–water partition coefficient (Wildman–Crippen LogP) is 1.23. The predicted molar refractivity (Wildman–Crippen MR) is 40.0 cm³/mol. The average Bonchev–Trinajstić information content (AvgIpc) is 1.89.